The first-order valence-electron chi connectivity index (χ1n) is 14.4. The summed E-state index contributed by atoms with van der Waals surface area (Å²) in [6.45, 7) is 2.91. The van der Waals surface area contributed by atoms with Crippen molar-refractivity contribution in [2.45, 2.75) is 62.8 Å². The summed E-state index contributed by atoms with van der Waals surface area (Å²) in [5.41, 5.74) is 4.29. The first kappa shape index (κ1) is 29.8. The van der Waals surface area contributed by atoms with Crippen LogP contribution in [0.25, 0.3) is 11.1 Å². The van der Waals surface area contributed by atoms with E-state index < -0.39 is 11.7 Å². The van der Waals surface area contributed by atoms with Crippen LogP contribution in [0.15, 0.2) is 82.7 Å². The molecule has 0 spiro atoms. The van der Waals surface area contributed by atoms with Crippen molar-refractivity contribution in [1.29, 1.82) is 0 Å². The Morgan fingerprint density at radius 2 is 1.43 bits per heavy atom. The van der Waals surface area contributed by atoms with Crippen molar-refractivity contribution >= 4 is 11.8 Å². The van der Waals surface area contributed by atoms with Gasteiger partial charge in [0, 0.05) is 23.4 Å². The molecular formula is C33H29F4N5OS. The fourth-order valence-electron chi connectivity index (χ4n) is 5.50. The van der Waals surface area contributed by atoms with E-state index in [0.29, 0.717) is 42.4 Å². The van der Waals surface area contributed by atoms with Gasteiger partial charge < -0.3 is 9.13 Å². The van der Waals surface area contributed by atoms with Gasteiger partial charge in [0.25, 0.3) is 5.56 Å². The van der Waals surface area contributed by atoms with Gasteiger partial charge in [0.15, 0.2) is 11.0 Å². The topological polar surface area (TPSA) is 65.6 Å². The second-order valence-corrected chi connectivity index (χ2v) is 11.7. The third-order valence-corrected chi connectivity index (χ3v) is 8.89. The van der Waals surface area contributed by atoms with E-state index in [1.54, 1.807) is 12.1 Å². The van der Waals surface area contributed by atoms with Gasteiger partial charge in [-0.2, -0.15) is 18.2 Å². The molecule has 0 aliphatic heterocycles. The van der Waals surface area contributed by atoms with Crippen molar-refractivity contribution < 1.29 is 17.6 Å². The van der Waals surface area contributed by atoms with Crippen molar-refractivity contribution in [2.24, 2.45) is 0 Å². The van der Waals surface area contributed by atoms with E-state index in [1.807, 2.05) is 31.2 Å². The van der Waals surface area contributed by atoms with Crippen LogP contribution in [0.4, 0.5) is 17.6 Å². The summed E-state index contributed by atoms with van der Waals surface area (Å²) in [6, 6.07) is 19.2. The molecule has 2 aromatic heterocycles. The summed E-state index contributed by atoms with van der Waals surface area (Å²) in [4.78, 5) is 17.3. The molecule has 2 heterocycles. The molecule has 1 aliphatic rings. The second kappa shape index (κ2) is 12.4. The van der Waals surface area contributed by atoms with Gasteiger partial charge in [-0.3, -0.25) is 4.79 Å². The zero-order chi connectivity index (χ0) is 30.8. The van der Waals surface area contributed by atoms with E-state index in [-0.39, 0.29) is 11.4 Å². The number of benzene rings is 3. The quantitative estimate of drug-likeness (QED) is 0.100. The summed E-state index contributed by atoms with van der Waals surface area (Å²) < 4.78 is 56.5. The predicted octanol–water partition coefficient (Wildman–Crippen LogP) is 7.10. The SMILES string of the molecule is CCc1nnc(Cn2c(SCc3ccc(F)cc3)nc(=O)c3c2CCC3)n1Cc1ccc(-c2ccc(C(F)(F)F)cc2)cc1. The maximum absolute atomic E-state index is 13.4. The van der Waals surface area contributed by atoms with Crippen LogP contribution in [0.5, 0.6) is 0 Å². The molecule has 226 valence electrons. The Hall–Kier alpha value is -4.25. The standard InChI is InChI=1S/C33H29F4N5OS/c1-2-29-39-40-30(42(29)18-21-6-10-23(11-7-21)24-12-14-25(15-13-24)33(35,36)37)19-41-28-5-3-4-27(28)31(43)38-32(41)44-20-22-8-16-26(34)17-9-22/h6-17H,2-5,18-20H2,1H3. The lowest BCUT2D eigenvalue weighted by atomic mass is 10.0. The van der Waals surface area contributed by atoms with Crippen LogP contribution in [-0.2, 0) is 44.3 Å². The molecule has 0 unspecified atom stereocenters. The Morgan fingerprint density at radius 1 is 0.795 bits per heavy atom. The fourth-order valence-corrected chi connectivity index (χ4v) is 6.47. The number of halogens is 4. The number of rotatable bonds is 9. The molecule has 5 aromatic rings. The van der Waals surface area contributed by atoms with Crippen molar-refractivity contribution in [1.82, 2.24) is 24.3 Å². The van der Waals surface area contributed by atoms with E-state index in [9.17, 15) is 22.4 Å². The first-order valence-corrected chi connectivity index (χ1v) is 15.4. The van der Waals surface area contributed by atoms with Crippen LogP contribution in [0.3, 0.4) is 0 Å². The summed E-state index contributed by atoms with van der Waals surface area (Å²) in [5.74, 6) is 1.78. The Balaban J connectivity index is 1.26. The number of alkyl halides is 3. The van der Waals surface area contributed by atoms with Gasteiger partial charge in [-0.15, -0.1) is 10.2 Å². The molecule has 0 atom stereocenters. The largest absolute Gasteiger partial charge is 0.416 e. The van der Waals surface area contributed by atoms with Gasteiger partial charge in [0.05, 0.1) is 18.7 Å². The number of aryl methyl sites for hydroxylation is 1. The number of hydrogen-bond acceptors (Lipinski definition) is 5. The summed E-state index contributed by atoms with van der Waals surface area (Å²) >= 11 is 1.44. The molecule has 44 heavy (non-hydrogen) atoms. The number of fused-ring (bicyclic) bond motifs is 1. The number of aromatic nitrogens is 5. The van der Waals surface area contributed by atoms with Crippen LogP contribution in [0.2, 0.25) is 0 Å². The fraction of sp³-hybridized carbons (Fsp3) is 0.273. The van der Waals surface area contributed by atoms with Gasteiger partial charge in [0.2, 0.25) is 0 Å². The molecule has 0 radical (unpaired) electrons. The molecule has 0 saturated heterocycles. The van der Waals surface area contributed by atoms with E-state index >= 15 is 0 Å². The minimum atomic E-state index is -4.37. The third kappa shape index (κ3) is 6.33. The van der Waals surface area contributed by atoms with Crippen LogP contribution in [0, 0.1) is 5.82 Å². The Bertz CT molecular complexity index is 1830. The predicted molar refractivity (Wildman–Crippen MR) is 161 cm³/mol. The van der Waals surface area contributed by atoms with Gasteiger partial charge in [0.1, 0.15) is 11.6 Å². The van der Waals surface area contributed by atoms with Crippen LogP contribution < -0.4 is 5.56 Å². The average Bonchev–Trinajstić information content (AvgIpc) is 3.66. The molecule has 11 heteroatoms. The summed E-state index contributed by atoms with van der Waals surface area (Å²) in [7, 11) is 0. The van der Waals surface area contributed by atoms with Gasteiger partial charge in [-0.05, 0) is 65.8 Å². The normalized spacial score (nSPS) is 12.9. The van der Waals surface area contributed by atoms with E-state index in [4.69, 9.17) is 0 Å². The highest BCUT2D eigenvalue weighted by Crippen LogP contribution is 2.31. The molecule has 1 aliphatic carbocycles. The highest BCUT2D eigenvalue weighted by atomic mass is 32.2. The van der Waals surface area contributed by atoms with Crippen LogP contribution in [-0.4, -0.2) is 24.3 Å². The lowest BCUT2D eigenvalue weighted by Crippen LogP contribution is -2.23. The Morgan fingerprint density at radius 3 is 2.09 bits per heavy atom. The summed E-state index contributed by atoms with van der Waals surface area (Å²) in [5, 5.41) is 9.57. The Kier molecular flexibility index (Phi) is 8.40. The second-order valence-electron chi connectivity index (χ2n) is 10.7. The average molecular weight is 620 g/mol. The molecule has 0 bridgehead atoms. The van der Waals surface area contributed by atoms with Gasteiger partial charge >= 0.3 is 6.18 Å². The molecule has 0 amide bonds. The third-order valence-electron chi connectivity index (χ3n) is 7.84. The van der Waals surface area contributed by atoms with Crippen molar-refractivity contribution in [3.63, 3.8) is 0 Å². The molecule has 0 fully saturated rings. The number of thioether (sulfide) groups is 1. The van der Waals surface area contributed by atoms with Crippen LogP contribution in [0.1, 0.15) is 52.9 Å². The zero-order valence-corrected chi connectivity index (χ0v) is 24.8. The minimum Gasteiger partial charge on any atom is -0.316 e. The molecule has 3 aromatic carbocycles. The highest BCUT2D eigenvalue weighted by molar-refractivity contribution is 7.98. The molecule has 0 saturated carbocycles. The van der Waals surface area contributed by atoms with Crippen LogP contribution >= 0.6 is 11.8 Å². The minimum absolute atomic E-state index is 0.195. The van der Waals surface area contributed by atoms with E-state index in [2.05, 4.69) is 24.3 Å². The Labute approximate surface area is 255 Å². The molecule has 0 N–H and O–H groups in total. The van der Waals surface area contributed by atoms with E-state index in [1.165, 1.54) is 36.0 Å². The first-order chi connectivity index (χ1) is 21.2. The van der Waals surface area contributed by atoms with Crippen molar-refractivity contribution in [2.75, 3.05) is 0 Å². The molecule has 6 rings (SSSR count). The number of hydrogen-bond donors (Lipinski definition) is 0. The smallest absolute Gasteiger partial charge is 0.316 e. The molecular weight excluding hydrogens is 590 g/mol. The summed E-state index contributed by atoms with van der Waals surface area (Å²) in [6.07, 6.45) is -1.34. The monoisotopic (exact) mass is 619 g/mol. The van der Waals surface area contributed by atoms with Crippen molar-refractivity contribution in [3.8, 4) is 11.1 Å². The lowest BCUT2D eigenvalue weighted by Gasteiger charge is -2.18. The van der Waals surface area contributed by atoms with Gasteiger partial charge in [-0.25, -0.2) is 4.39 Å². The zero-order valence-electron chi connectivity index (χ0n) is 23.9. The molecule has 6 nitrogen and oxygen atoms in total. The van der Waals surface area contributed by atoms with Crippen molar-refractivity contribution in [3.05, 3.63) is 129 Å². The maximum atomic E-state index is 13.4. The maximum Gasteiger partial charge on any atom is 0.416 e. The van der Waals surface area contributed by atoms with E-state index in [0.717, 1.165) is 64.6 Å². The highest BCUT2D eigenvalue weighted by Gasteiger charge is 2.30. The number of nitrogens with zero attached hydrogens (tertiary/aromatic N) is 5. The lowest BCUT2D eigenvalue weighted by molar-refractivity contribution is -0.137. The van der Waals surface area contributed by atoms with Gasteiger partial charge in [-0.1, -0.05) is 67.2 Å².